The maximum atomic E-state index is 12.5. The van der Waals surface area contributed by atoms with E-state index in [1.165, 1.54) is 6.07 Å². The lowest BCUT2D eigenvalue weighted by atomic mass is 10.1. The van der Waals surface area contributed by atoms with Crippen LogP contribution in [0.25, 0.3) is 0 Å². The van der Waals surface area contributed by atoms with Gasteiger partial charge in [0.15, 0.2) is 0 Å². The average Bonchev–Trinajstić information content (AvgIpc) is 2.79. The van der Waals surface area contributed by atoms with E-state index in [0.29, 0.717) is 11.1 Å². The van der Waals surface area contributed by atoms with Gasteiger partial charge in [0.25, 0.3) is 5.91 Å². The van der Waals surface area contributed by atoms with Gasteiger partial charge in [-0.1, -0.05) is 29.8 Å². The Morgan fingerprint density at radius 1 is 0.875 bits per heavy atom. The summed E-state index contributed by atoms with van der Waals surface area (Å²) in [5.74, 6) is -1.37. The van der Waals surface area contributed by atoms with E-state index < -0.39 is 11.9 Å². The fraction of sp³-hybridized carbons (Fsp3) is 0.125. The van der Waals surface area contributed by atoms with Gasteiger partial charge in [0.1, 0.15) is 5.69 Å². The minimum absolute atomic E-state index is 0.0160. The summed E-state index contributed by atoms with van der Waals surface area (Å²) in [6.07, 6.45) is 0. The number of benzene rings is 3. The Kier molecular flexibility index (Phi) is 7.07. The summed E-state index contributed by atoms with van der Waals surface area (Å²) in [6.45, 7) is 1.94. The molecule has 2 N–H and O–H groups in total. The van der Waals surface area contributed by atoms with Crippen molar-refractivity contribution in [3.8, 4) is 0 Å². The predicted molar refractivity (Wildman–Crippen MR) is 124 cm³/mol. The molecule has 0 aromatic heterocycles. The Bertz CT molecular complexity index is 1170. The summed E-state index contributed by atoms with van der Waals surface area (Å²) < 4.78 is 0. The minimum Gasteiger partial charge on any atom is -0.478 e. The van der Waals surface area contributed by atoms with Crippen LogP contribution in [0.2, 0.25) is 0 Å². The highest BCUT2D eigenvalue weighted by Gasteiger charge is 2.11. The molecule has 0 saturated carbocycles. The summed E-state index contributed by atoms with van der Waals surface area (Å²) in [4.78, 5) is 25.9. The van der Waals surface area contributed by atoms with Crippen LogP contribution in [0.1, 0.15) is 31.8 Å². The zero-order chi connectivity index (χ0) is 23.1. The van der Waals surface area contributed by atoms with Gasteiger partial charge in [0, 0.05) is 30.9 Å². The number of rotatable bonds is 6. The molecule has 0 aliphatic heterocycles. The number of aromatic carboxylic acids is 1. The average molecular weight is 429 g/mol. The Hall–Kier alpha value is -4.33. The van der Waals surface area contributed by atoms with Crippen molar-refractivity contribution in [2.75, 3.05) is 19.0 Å². The number of aryl methyl sites for hydroxylation is 1. The van der Waals surface area contributed by atoms with Crippen molar-refractivity contribution in [2.45, 2.75) is 6.92 Å². The lowest BCUT2D eigenvalue weighted by Gasteiger charge is -2.12. The zero-order valence-electron chi connectivity index (χ0n) is 18.0. The molecule has 0 radical (unpaired) electrons. The van der Waals surface area contributed by atoms with Gasteiger partial charge in [0.2, 0.25) is 5.84 Å². The molecule has 3 aromatic carbocycles. The Morgan fingerprint density at radius 2 is 1.50 bits per heavy atom. The first kappa shape index (κ1) is 22.4. The molecule has 162 valence electrons. The summed E-state index contributed by atoms with van der Waals surface area (Å²) in [7, 11) is 3.85. The SMILES string of the molecule is Cc1ccc(C(=O)N/N=C(\N=Nc2ccccc2C(=O)O)c2ccc(N(C)C)cc2)cc1. The second-order valence-electron chi connectivity index (χ2n) is 7.21. The monoisotopic (exact) mass is 429 g/mol. The fourth-order valence-electron chi connectivity index (χ4n) is 2.77. The molecule has 0 unspecified atom stereocenters. The molecular formula is C24H23N5O3. The number of carboxylic acids is 1. The van der Waals surface area contributed by atoms with Gasteiger partial charge in [-0.3, -0.25) is 4.79 Å². The Labute approximate surface area is 185 Å². The number of amides is 1. The van der Waals surface area contributed by atoms with Crippen LogP contribution in [-0.4, -0.2) is 36.9 Å². The molecule has 0 bridgehead atoms. The number of azo groups is 1. The summed E-state index contributed by atoms with van der Waals surface area (Å²) >= 11 is 0. The van der Waals surface area contributed by atoms with Gasteiger partial charge >= 0.3 is 5.97 Å². The molecule has 0 spiro atoms. The molecule has 3 rings (SSSR count). The molecule has 32 heavy (non-hydrogen) atoms. The summed E-state index contributed by atoms with van der Waals surface area (Å²) in [5.41, 5.74) is 5.77. The van der Waals surface area contributed by atoms with E-state index in [0.717, 1.165) is 11.3 Å². The van der Waals surface area contributed by atoms with Crippen molar-refractivity contribution >= 4 is 29.1 Å². The number of amidine groups is 1. The fourth-order valence-corrected chi connectivity index (χ4v) is 2.77. The molecule has 0 atom stereocenters. The smallest absolute Gasteiger partial charge is 0.337 e. The first-order chi connectivity index (χ1) is 15.3. The molecule has 0 saturated heterocycles. The number of carbonyl (C=O) groups excluding carboxylic acids is 1. The lowest BCUT2D eigenvalue weighted by Crippen LogP contribution is -2.19. The molecule has 0 aliphatic rings. The van der Waals surface area contributed by atoms with Crippen LogP contribution in [0.5, 0.6) is 0 Å². The number of carbonyl (C=O) groups is 2. The standard InChI is InChI=1S/C24H23N5O3/c1-16-8-10-18(11-9-16)23(30)28-27-22(17-12-14-19(15-13-17)29(2)3)26-25-21-7-5-4-6-20(21)24(31)32/h4-15H,1-3H3,(H,28,30)(H,31,32)/b26-25?,27-22-. The van der Waals surface area contributed by atoms with Crippen molar-refractivity contribution in [3.05, 3.63) is 95.1 Å². The van der Waals surface area contributed by atoms with E-state index in [1.807, 2.05) is 50.2 Å². The molecule has 8 heteroatoms. The first-order valence-electron chi connectivity index (χ1n) is 9.81. The first-order valence-corrected chi connectivity index (χ1v) is 9.81. The van der Waals surface area contributed by atoms with Crippen molar-refractivity contribution in [1.82, 2.24) is 5.43 Å². The second kappa shape index (κ2) is 10.1. The summed E-state index contributed by atoms with van der Waals surface area (Å²) in [6, 6.07) is 20.7. The maximum Gasteiger partial charge on any atom is 0.337 e. The van der Waals surface area contributed by atoms with Crippen molar-refractivity contribution in [1.29, 1.82) is 0 Å². The topological polar surface area (TPSA) is 107 Å². The Morgan fingerprint density at radius 3 is 2.12 bits per heavy atom. The van der Waals surface area contributed by atoms with Crippen molar-refractivity contribution < 1.29 is 14.7 Å². The molecule has 0 fully saturated rings. The van der Waals surface area contributed by atoms with Crippen LogP contribution in [0.3, 0.4) is 0 Å². The van der Waals surface area contributed by atoms with E-state index in [2.05, 4.69) is 20.8 Å². The number of anilines is 1. The van der Waals surface area contributed by atoms with E-state index >= 15 is 0 Å². The molecule has 1 amide bonds. The molecule has 8 nitrogen and oxygen atoms in total. The maximum absolute atomic E-state index is 12.5. The van der Waals surface area contributed by atoms with Crippen LogP contribution in [0.4, 0.5) is 11.4 Å². The number of nitrogens with zero attached hydrogens (tertiary/aromatic N) is 4. The highest BCUT2D eigenvalue weighted by Crippen LogP contribution is 2.20. The largest absolute Gasteiger partial charge is 0.478 e. The molecule has 0 heterocycles. The van der Waals surface area contributed by atoms with Gasteiger partial charge in [-0.25, -0.2) is 10.2 Å². The number of nitrogens with one attached hydrogen (secondary N) is 1. The highest BCUT2D eigenvalue weighted by molar-refractivity contribution is 6.01. The minimum atomic E-state index is -1.11. The van der Waals surface area contributed by atoms with Gasteiger partial charge in [0.05, 0.1) is 5.56 Å². The third kappa shape index (κ3) is 5.63. The zero-order valence-corrected chi connectivity index (χ0v) is 18.0. The van der Waals surface area contributed by atoms with Crippen molar-refractivity contribution in [2.24, 2.45) is 15.3 Å². The number of hydrogen-bond acceptors (Lipinski definition) is 5. The van der Waals surface area contributed by atoms with Gasteiger partial charge in [-0.15, -0.1) is 15.3 Å². The number of hydrazone groups is 1. The Balaban J connectivity index is 1.94. The van der Waals surface area contributed by atoms with Crippen LogP contribution >= 0.6 is 0 Å². The quantitative estimate of drug-likeness (QED) is 0.258. The van der Waals surface area contributed by atoms with Gasteiger partial charge in [-0.05, 0) is 55.5 Å². The van der Waals surface area contributed by atoms with E-state index in [1.54, 1.807) is 42.5 Å². The number of carboxylic acid groups (broad SMARTS) is 1. The third-order valence-electron chi connectivity index (χ3n) is 4.61. The molecular weight excluding hydrogens is 406 g/mol. The normalized spacial score (nSPS) is 11.4. The van der Waals surface area contributed by atoms with E-state index in [9.17, 15) is 14.7 Å². The van der Waals surface area contributed by atoms with Crippen LogP contribution in [0, 0.1) is 6.92 Å². The van der Waals surface area contributed by atoms with Crippen LogP contribution in [-0.2, 0) is 0 Å². The highest BCUT2D eigenvalue weighted by atomic mass is 16.4. The van der Waals surface area contributed by atoms with Crippen LogP contribution < -0.4 is 10.3 Å². The van der Waals surface area contributed by atoms with Gasteiger partial charge < -0.3 is 10.0 Å². The van der Waals surface area contributed by atoms with E-state index in [4.69, 9.17) is 0 Å². The number of hydrogen-bond donors (Lipinski definition) is 2. The van der Waals surface area contributed by atoms with Crippen molar-refractivity contribution in [3.63, 3.8) is 0 Å². The third-order valence-corrected chi connectivity index (χ3v) is 4.61. The second-order valence-corrected chi connectivity index (χ2v) is 7.21. The predicted octanol–water partition coefficient (Wildman–Crippen LogP) is 4.63. The van der Waals surface area contributed by atoms with Gasteiger partial charge in [-0.2, -0.15) is 0 Å². The summed E-state index contributed by atoms with van der Waals surface area (Å²) in [5, 5.41) is 21.7. The molecule has 0 aliphatic carbocycles. The lowest BCUT2D eigenvalue weighted by molar-refractivity contribution is 0.0697. The van der Waals surface area contributed by atoms with Crippen LogP contribution in [0.15, 0.2) is 88.1 Å². The molecule has 3 aromatic rings. The van der Waals surface area contributed by atoms with E-state index in [-0.39, 0.29) is 17.1 Å².